The number of carbonyl (C=O) groups excluding carboxylic acids is 2. The van der Waals surface area contributed by atoms with Gasteiger partial charge in [-0.05, 0) is 31.7 Å². The topological polar surface area (TPSA) is 79.5 Å². The number of imide groups is 1. The van der Waals surface area contributed by atoms with Crippen molar-refractivity contribution in [2.24, 2.45) is 0 Å². The second-order valence-electron chi connectivity index (χ2n) is 4.12. The molecule has 0 aliphatic heterocycles. The van der Waals surface area contributed by atoms with E-state index in [9.17, 15) is 14.0 Å². The summed E-state index contributed by atoms with van der Waals surface area (Å²) in [7, 11) is 3.14. The summed E-state index contributed by atoms with van der Waals surface area (Å²) >= 11 is 0. The molecule has 1 aromatic rings. The van der Waals surface area contributed by atoms with Crippen molar-refractivity contribution < 1.29 is 18.7 Å². The van der Waals surface area contributed by atoms with E-state index in [1.165, 1.54) is 26.1 Å². The van der Waals surface area contributed by atoms with Gasteiger partial charge in [-0.3, -0.25) is 10.1 Å². The number of hydrogen-bond acceptors (Lipinski definition) is 4. The summed E-state index contributed by atoms with van der Waals surface area (Å²) in [6.07, 6.45) is -0.989. The predicted octanol–water partition coefficient (Wildman–Crippen LogP) is 0.768. The van der Waals surface area contributed by atoms with Crippen molar-refractivity contribution in [3.05, 3.63) is 29.6 Å². The molecule has 1 unspecified atom stereocenters. The number of rotatable bonds is 5. The van der Waals surface area contributed by atoms with Gasteiger partial charge in [-0.25, -0.2) is 9.18 Å². The number of hydrogen-bond donors (Lipinski definition) is 3. The van der Waals surface area contributed by atoms with Gasteiger partial charge in [0.2, 0.25) is 0 Å². The first-order chi connectivity index (χ1) is 9.47. The summed E-state index contributed by atoms with van der Waals surface area (Å²) < 4.78 is 19.0. The predicted molar refractivity (Wildman–Crippen MR) is 71.9 cm³/mol. The van der Waals surface area contributed by atoms with Gasteiger partial charge in [0.15, 0.2) is 17.7 Å². The van der Waals surface area contributed by atoms with Crippen LogP contribution in [-0.2, 0) is 11.3 Å². The van der Waals surface area contributed by atoms with Crippen LogP contribution >= 0.6 is 0 Å². The van der Waals surface area contributed by atoms with Crippen molar-refractivity contribution in [2.75, 3.05) is 14.1 Å². The van der Waals surface area contributed by atoms with Gasteiger partial charge in [-0.15, -0.1) is 0 Å². The number of benzene rings is 1. The molecule has 1 rings (SSSR count). The second-order valence-corrected chi connectivity index (χ2v) is 4.12. The maximum absolute atomic E-state index is 13.8. The van der Waals surface area contributed by atoms with Gasteiger partial charge in [-0.1, -0.05) is 6.07 Å². The van der Waals surface area contributed by atoms with Gasteiger partial charge in [0.25, 0.3) is 5.91 Å². The minimum Gasteiger partial charge on any atom is -0.478 e. The van der Waals surface area contributed by atoms with E-state index < -0.39 is 23.9 Å². The third-order valence-corrected chi connectivity index (χ3v) is 2.51. The van der Waals surface area contributed by atoms with Gasteiger partial charge >= 0.3 is 6.03 Å². The van der Waals surface area contributed by atoms with E-state index in [-0.39, 0.29) is 5.75 Å². The Morgan fingerprint density at radius 1 is 1.35 bits per heavy atom. The van der Waals surface area contributed by atoms with Crippen molar-refractivity contribution in [1.82, 2.24) is 16.0 Å². The average Bonchev–Trinajstić information content (AvgIpc) is 2.41. The maximum Gasteiger partial charge on any atom is 0.321 e. The van der Waals surface area contributed by atoms with Crippen LogP contribution < -0.4 is 20.7 Å². The van der Waals surface area contributed by atoms with Crippen LogP contribution in [0, 0.1) is 5.82 Å². The Morgan fingerprint density at radius 3 is 2.60 bits per heavy atom. The molecule has 1 atom stereocenters. The Labute approximate surface area is 116 Å². The molecule has 0 spiro atoms. The lowest BCUT2D eigenvalue weighted by molar-refractivity contribution is -0.126. The van der Waals surface area contributed by atoms with Crippen LogP contribution in [0.1, 0.15) is 12.5 Å². The van der Waals surface area contributed by atoms with E-state index in [2.05, 4.69) is 16.0 Å². The molecule has 0 saturated heterocycles. The Kier molecular flexibility index (Phi) is 5.92. The van der Waals surface area contributed by atoms with Crippen molar-refractivity contribution >= 4 is 11.9 Å². The third-order valence-electron chi connectivity index (χ3n) is 2.51. The van der Waals surface area contributed by atoms with Crippen LogP contribution in [0.25, 0.3) is 0 Å². The normalized spacial score (nSPS) is 11.6. The van der Waals surface area contributed by atoms with Crippen LogP contribution in [0.15, 0.2) is 18.2 Å². The lowest BCUT2D eigenvalue weighted by atomic mass is 10.2. The first-order valence-corrected chi connectivity index (χ1v) is 6.10. The van der Waals surface area contributed by atoms with E-state index in [0.29, 0.717) is 6.54 Å². The highest BCUT2D eigenvalue weighted by Gasteiger charge is 2.18. The molecule has 0 saturated carbocycles. The van der Waals surface area contributed by atoms with Gasteiger partial charge < -0.3 is 15.4 Å². The monoisotopic (exact) mass is 283 g/mol. The van der Waals surface area contributed by atoms with Crippen LogP contribution in [0.5, 0.6) is 5.75 Å². The fraction of sp³-hybridized carbons (Fsp3) is 0.385. The molecular formula is C13H18FN3O3. The van der Waals surface area contributed by atoms with Crippen LogP contribution in [-0.4, -0.2) is 32.1 Å². The largest absolute Gasteiger partial charge is 0.478 e. The minimum absolute atomic E-state index is 0.0376. The highest BCUT2D eigenvalue weighted by molar-refractivity contribution is 5.96. The number of urea groups is 1. The molecule has 0 fully saturated rings. The average molecular weight is 283 g/mol. The van der Waals surface area contributed by atoms with Crippen molar-refractivity contribution in [2.45, 2.75) is 19.6 Å². The lowest BCUT2D eigenvalue weighted by Crippen LogP contribution is -2.44. The summed E-state index contributed by atoms with van der Waals surface area (Å²) in [5.74, 6) is -1.25. The standard InChI is InChI=1S/C13H18FN3O3/c1-8(12(18)17-13(19)16-3)20-11-5-4-9(7-15-2)6-10(11)14/h4-6,8,15H,7H2,1-3H3,(H2,16,17,18,19). The van der Waals surface area contributed by atoms with Crippen molar-refractivity contribution in [3.8, 4) is 5.75 Å². The lowest BCUT2D eigenvalue weighted by Gasteiger charge is -2.15. The van der Waals surface area contributed by atoms with E-state index in [0.717, 1.165) is 5.56 Å². The molecule has 0 aromatic heterocycles. The molecule has 3 amide bonds. The molecule has 0 radical (unpaired) electrons. The number of nitrogens with one attached hydrogen (secondary N) is 3. The molecule has 110 valence electrons. The fourth-order valence-electron chi connectivity index (χ4n) is 1.47. The number of amides is 3. The fourth-order valence-corrected chi connectivity index (χ4v) is 1.47. The number of ether oxygens (including phenoxy) is 1. The summed E-state index contributed by atoms with van der Waals surface area (Å²) in [5, 5.41) is 7.20. The van der Waals surface area contributed by atoms with Gasteiger partial charge in [0, 0.05) is 13.6 Å². The zero-order chi connectivity index (χ0) is 15.1. The number of halogens is 1. The molecule has 0 aliphatic rings. The molecule has 7 heteroatoms. The van der Waals surface area contributed by atoms with E-state index >= 15 is 0 Å². The number of carbonyl (C=O) groups is 2. The Hall–Kier alpha value is -2.15. The zero-order valence-electron chi connectivity index (χ0n) is 11.6. The SMILES string of the molecule is CNCc1ccc(OC(C)C(=O)NC(=O)NC)c(F)c1. The first kappa shape index (κ1) is 15.9. The molecular weight excluding hydrogens is 265 g/mol. The van der Waals surface area contributed by atoms with Crippen LogP contribution in [0.3, 0.4) is 0 Å². The molecule has 3 N–H and O–H groups in total. The molecule has 6 nitrogen and oxygen atoms in total. The van der Waals surface area contributed by atoms with Gasteiger partial charge in [0.1, 0.15) is 0 Å². The van der Waals surface area contributed by atoms with Crippen molar-refractivity contribution in [3.63, 3.8) is 0 Å². The summed E-state index contributed by atoms with van der Waals surface area (Å²) in [4.78, 5) is 22.6. The van der Waals surface area contributed by atoms with Gasteiger partial charge in [0.05, 0.1) is 0 Å². The zero-order valence-corrected chi connectivity index (χ0v) is 11.6. The second kappa shape index (κ2) is 7.44. The first-order valence-electron chi connectivity index (χ1n) is 6.10. The summed E-state index contributed by atoms with van der Waals surface area (Å²) in [5.41, 5.74) is 0.764. The van der Waals surface area contributed by atoms with Crippen molar-refractivity contribution in [1.29, 1.82) is 0 Å². The van der Waals surface area contributed by atoms with Gasteiger partial charge in [-0.2, -0.15) is 0 Å². The van der Waals surface area contributed by atoms with E-state index in [1.54, 1.807) is 13.1 Å². The molecule has 0 bridgehead atoms. The minimum atomic E-state index is -0.989. The highest BCUT2D eigenvalue weighted by Crippen LogP contribution is 2.19. The smallest absolute Gasteiger partial charge is 0.321 e. The van der Waals surface area contributed by atoms with E-state index in [1.807, 2.05) is 0 Å². The van der Waals surface area contributed by atoms with Crippen LogP contribution in [0.4, 0.5) is 9.18 Å². The maximum atomic E-state index is 13.8. The Bertz CT molecular complexity index is 494. The Balaban J connectivity index is 2.68. The molecule has 0 heterocycles. The summed E-state index contributed by atoms with van der Waals surface area (Å²) in [6.45, 7) is 1.96. The third kappa shape index (κ3) is 4.51. The molecule has 0 aliphatic carbocycles. The molecule has 1 aromatic carbocycles. The summed E-state index contributed by atoms with van der Waals surface area (Å²) in [6, 6.07) is 3.83. The quantitative estimate of drug-likeness (QED) is 0.745. The Morgan fingerprint density at radius 2 is 2.05 bits per heavy atom. The van der Waals surface area contributed by atoms with E-state index in [4.69, 9.17) is 4.74 Å². The molecule has 20 heavy (non-hydrogen) atoms. The highest BCUT2D eigenvalue weighted by atomic mass is 19.1. The van der Waals surface area contributed by atoms with Crippen LogP contribution in [0.2, 0.25) is 0 Å².